The van der Waals surface area contributed by atoms with Gasteiger partial charge in [-0.25, -0.2) is 0 Å². The maximum absolute atomic E-state index is 10.5. The molecule has 0 aliphatic heterocycles. The van der Waals surface area contributed by atoms with Gasteiger partial charge in [0, 0.05) is 11.6 Å². The van der Waals surface area contributed by atoms with Crippen molar-refractivity contribution < 1.29 is 10.1 Å². The lowest BCUT2D eigenvalue weighted by Gasteiger charge is -2.00. The van der Waals surface area contributed by atoms with E-state index in [1.54, 1.807) is 26.0 Å². The van der Waals surface area contributed by atoms with Crippen LogP contribution in [-0.4, -0.2) is 15.8 Å². The summed E-state index contributed by atoms with van der Waals surface area (Å²) in [7, 11) is 0. The highest BCUT2D eigenvalue weighted by Crippen LogP contribution is 2.18. The molecule has 0 aliphatic rings. The molecule has 74 valence electrons. The minimum absolute atomic E-state index is 0.0690. The van der Waals surface area contributed by atoms with Crippen LogP contribution in [0.2, 0.25) is 0 Å². The van der Waals surface area contributed by atoms with E-state index in [0.717, 1.165) is 0 Å². The molecule has 5 heteroatoms. The zero-order valence-electron chi connectivity index (χ0n) is 7.89. The molecule has 0 radical (unpaired) electrons. The fourth-order valence-electron chi connectivity index (χ4n) is 1.14. The van der Waals surface area contributed by atoms with Crippen molar-refractivity contribution in [3.05, 3.63) is 39.4 Å². The minimum atomic E-state index is -0.440. The molecule has 0 unspecified atom stereocenters. The molecule has 0 bridgehead atoms. The summed E-state index contributed by atoms with van der Waals surface area (Å²) < 4.78 is 0. The SMILES string of the molecule is C/C(=N\O)c1ccc([N+](=O)[O-])c(C)c1. The Morgan fingerprint density at radius 3 is 2.64 bits per heavy atom. The summed E-state index contributed by atoms with van der Waals surface area (Å²) in [6.45, 7) is 3.27. The molecular formula is C9H10N2O3. The van der Waals surface area contributed by atoms with E-state index in [-0.39, 0.29) is 5.69 Å². The number of aryl methyl sites for hydroxylation is 1. The molecule has 0 saturated carbocycles. The molecule has 0 saturated heterocycles. The monoisotopic (exact) mass is 194 g/mol. The first kappa shape index (κ1) is 10.2. The molecule has 1 aromatic carbocycles. The van der Waals surface area contributed by atoms with Crippen LogP contribution in [0.25, 0.3) is 0 Å². The summed E-state index contributed by atoms with van der Waals surface area (Å²) in [6, 6.07) is 4.58. The van der Waals surface area contributed by atoms with Gasteiger partial charge < -0.3 is 5.21 Å². The Hall–Kier alpha value is -1.91. The van der Waals surface area contributed by atoms with E-state index in [4.69, 9.17) is 5.21 Å². The summed E-state index contributed by atoms with van der Waals surface area (Å²) in [5, 5.41) is 22.0. The van der Waals surface area contributed by atoms with Crippen molar-refractivity contribution in [1.29, 1.82) is 0 Å². The first-order valence-corrected chi connectivity index (χ1v) is 4.00. The zero-order valence-corrected chi connectivity index (χ0v) is 7.89. The van der Waals surface area contributed by atoms with E-state index in [1.165, 1.54) is 6.07 Å². The molecular weight excluding hydrogens is 184 g/mol. The Morgan fingerprint density at radius 1 is 1.57 bits per heavy atom. The molecule has 0 heterocycles. The van der Waals surface area contributed by atoms with Gasteiger partial charge in [-0.2, -0.15) is 0 Å². The van der Waals surface area contributed by atoms with Crippen LogP contribution in [0.4, 0.5) is 5.69 Å². The van der Waals surface area contributed by atoms with Crippen molar-refractivity contribution in [3.63, 3.8) is 0 Å². The number of benzene rings is 1. The predicted molar refractivity (Wildman–Crippen MR) is 51.8 cm³/mol. The molecule has 5 nitrogen and oxygen atoms in total. The second-order valence-electron chi connectivity index (χ2n) is 2.94. The van der Waals surface area contributed by atoms with Crippen LogP contribution in [-0.2, 0) is 0 Å². The highest BCUT2D eigenvalue weighted by molar-refractivity contribution is 5.98. The van der Waals surface area contributed by atoms with E-state index in [1.807, 2.05) is 0 Å². The van der Waals surface area contributed by atoms with Crippen LogP contribution < -0.4 is 0 Å². The van der Waals surface area contributed by atoms with E-state index < -0.39 is 4.92 Å². The topological polar surface area (TPSA) is 75.7 Å². The van der Waals surface area contributed by atoms with E-state index in [0.29, 0.717) is 16.8 Å². The smallest absolute Gasteiger partial charge is 0.272 e. The summed E-state index contributed by atoms with van der Waals surface area (Å²) in [5.41, 5.74) is 1.73. The van der Waals surface area contributed by atoms with Crippen LogP contribution in [0, 0.1) is 17.0 Å². The lowest BCUT2D eigenvalue weighted by molar-refractivity contribution is -0.385. The van der Waals surface area contributed by atoms with Gasteiger partial charge in [0.2, 0.25) is 0 Å². The quantitative estimate of drug-likeness (QED) is 0.339. The molecule has 0 fully saturated rings. The number of nitro groups is 1. The Labute approximate surface area is 80.8 Å². The lowest BCUT2D eigenvalue weighted by atomic mass is 10.1. The molecule has 1 N–H and O–H groups in total. The molecule has 0 aliphatic carbocycles. The van der Waals surface area contributed by atoms with Gasteiger partial charge in [0.25, 0.3) is 5.69 Å². The molecule has 0 atom stereocenters. The van der Waals surface area contributed by atoms with Gasteiger partial charge in [-0.1, -0.05) is 5.16 Å². The molecule has 0 amide bonds. The van der Waals surface area contributed by atoms with Gasteiger partial charge in [-0.3, -0.25) is 10.1 Å². The van der Waals surface area contributed by atoms with Gasteiger partial charge in [0.05, 0.1) is 10.6 Å². The number of oxime groups is 1. The highest BCUT2D eigenvalue weighted by atomic mass is 16.6. The molecule has 0 spiro atoms. The summed E-state index contributed by atoms with van der Waals surface area (Å²) in [4.78, 5) is 10.1. The predicted octanol–water partition coefficient (Wildman–Crippen LogP) is 2.10. The highest BCUT2D eigenvalue weighted by Gasteiger charge is 2.10. The maximum Gasteiger partial charge on any atom is 0.272 e. The number of hydrogen-bond acceptors (Lipinski definition) is 4. The summed E-state index contributed by atoms with van der Waals surface area (Å²) >= 11 is 0. The van der Waals surface area contributed by atoms with E-state index >= 15 is 0 Å². The normalized spacial score (nSPS) is 11.4. The second-order valence-corrected chi connectivity index (χ2v) is 2.94. The zero-order chi connectivity index (χ0) is 10.7. The summed E-state index contributed by atoms with van der Waals surface area (Å²) in [6.07, 6.45) is 0. The van der Waals surface area contributed by atoms with Crippen LogP contribution in [0.5, 0.6) is 0 Å². The second kappa shape index (κ2) is 3.87. The molecule has 1 aromatic rings. The standard InChI is InChI=1S/C9H10N2O3/c1-6-5-8(7(2)10-12)3-4-9(6)11(13)14/h3-5,12H,1-2H3/b10-7+. The van der Waals surface area contributed by atoms with Crippen molar-refractivity contribution in [2.45, 2.75) is 13.8 Å². The van der Waals surface area contributed by atoms with Gasteiger partial charge in [0.15, 0.2) is 0 Å². The van der Waals surface area contributed by atoms with Crippen molar-refractivity contribution in [3.8, 4) is 0 Å². The van der Waals surface area contributed by atoms with Crippen molar-refractivity contribution in [2.24, 2.45) is 5.16 Å². The molecule has 14 heavy (non-hydrogen) atoms. The van der Waals surface area contributed by atoms with E-state index in [2.05, 4.69) is 5.16 Å². The third kappa shape index (κ3) is 1.87. The minimum Gasteiger partial charge on any atom is -0.411 e. The maximum atomic E-state index is 10.5. The summed E-state index contributed by atoms with van der Waals surface area (Å²) in [5.74, 6) is 0. The average Bonchev–Trinajstić information content (AvgIpc) is 2.15. The number of hydrogen-bond donors (Lipinski definition) is 1. The fourth-order valence-corrected chi connectivity index (χ4v) is 1.14. The Morgan fingerprint density at radius 2 is 2.21 bits per heavy atom. The molecule has 1 rings (SSSR count). The third-order valence-corrected chi connectivity index (χ3v) is 1.96. The van der Waals surface area contributed by atoms with E-state index in [9.17, 15) is 10.1 Å². The van der Waals surface area contributed by atoms with Crippen molar-refractivity contribution >= 4 is 11.4 Å². The van der Waals surface area contributed by atoms with Gasteiger partial charge in [-0.05, 0) is 31.5 Å². The third-order valence-electron chi connectivity index (χ3n) is 1.96. The van der Waals surface area contributed by atoms with Crippen molar-refractivity contribution in [2.75, 3.05) is 0 Å². The van der Waals surface area contributed by atoms with Crippen LogP contribution in [0.1, 0.15) is 18.1 Å². The molecule has 0 aromatic heterocycles. The van der Waals surface area contributed by atoms with Gasteiger partial charge in [-0.15, -0.1) is 0 Å². The van der Waals surface area contributed by atoms with Gasteiger partial charge >= 0.3 is 0 Å². The van der Waals surface area contributed by atoms with Gasteiger partial charge in [0.1, 0.15) is 0 Å². The Bertz CT molecular complexity index is 399. The van der Waals surface area contributed by atoms with Crippen LogP contribution in [0.15, 0.2) is 23.4 Å². The fraction of sp³-hybridized carbons (Fsp3) is 0.222. The number of rotatable bonds is 2. The first-order chi connectivity index (χ1) is 6.56. The lowest BCUT2D eigenvalue weighted by Crippen LogP contribution is -1.97. The van der Waals surface area contributed by atoms with Crippen molar-refractivity contribution in [1.82, 2.24) is 0 Å². The Balaban J connectivity index is 3.19. The number of nitro benzene ring substituents is 1. The first-order valence-electron chi connectivity index (χ1n) is 4.00. The average molecular weight is 194 g/mol. The van der Waals surface area contributed by atoms with Crippen LogP contribution in [0.3, 0.4) is 0 Å². The van der Waals surface area contributed by atoms with Crippen LogP contribution >= 0.6 is 0 Å². The largest absolute Gasteiger partial charge is 0.411 e. The Kier molecular flexibility index (Phi) is 2.81. The number of nitrogens with zero attached hydrogens (tertiary/aromatic N) is 2.